The monoisotopic (exact) mass is 271 g/mol. The molecule has 1 nitrogen and oxygen atoms in total. The molecule has 1 aromatic carbocycles. The summed E-state index contributed by atoms with van der Waals surface area (Å²) >= 11 is 1.89. The van der Waals surface area contributed by atoms with Crippen LogP contribution in [0, 0.1) is 11.6 Å². The Balaban J connectivity index is 1.96. The number of benzene rings is 1. The molecule has 1 aliphatic rings. The molecule has 0 radical (unpaired) electrons. The summed E-state index contributed by atoms with van der Waals surface area (Å²) in [6.45, 7) is 2.84. The fourth-order valence-electron chi connectivity index (χ4n) is 2.31. The summed E-state index contributed by atoms with van der Waals surface area (Å²) in [5.74, 6) is -1.02. The van der Waals surface area contributed by atoms with Gasteiger partial charge in [-0.3, -0.25) is 0 Å². The third-order valence-corrected chi connectivity index (χ3v) is 5.23. The quantitative estimate of drug-likeness (QED) is 0.871. The maximum Gasteiger partial charge on any atom is 0.126 e. The van der Waals surface area contributed by atoms with Crippen LogP contribution in [0.3, 0.4) is 0 Å². The third kappa shape index (κ3) is 3.04. The number of hydrogen-bond acceptors (Lipinski definition) is 2. The highest BCUT2D eigenvalue weighted by molar-refractivity contribution is 8.00. The van der Waals surface area contributed by atoms with Crippen LogP contribution in [0.25, 0.3) is 0 Å². The number of halogens is 2. The largest absolute Gasteiger partial charge is 0.309 e. The minimum absolute atomic E-state index is 0.0279. The van der Waals surface area contributed by atoms with E-state index in [9.17, 15) is 8.78 Å². The molecule has 0 aromatic heterocycles. The van der Waals surface area contributed by atoms with E-state index in [1.807, 2.05) is 18.7 Å². The first-order valence-electron chi connectivity index (χ1n) is 6.29. The van der Waals surface area contributed by atoms with Gasteiger partial charge in [-0.1, -0.05) is 6.42 Å². The second-order valence-electron chi connectivity index (χ2n) is 5.05. The Morgan fingerprint density at radius 1 is 1.28 bits per heavy atom. The standard InChI is InChI=1S/C14H19F2NS/c1-10(11-6-12(15)8-13(16)7-11)17-9-14(18-2)4-3-5-14/h6-8,10,17H,3-5,9H2,1-2H3. The summed E-state index contributed by atoms with van der Waals surface area (Å²) in [6, 6.07) is 3.67. The van der Waals surface area contributed by atoms with E-state index in [0.717, 1.165) is 12.6 Å². The van der Waals surface area contributed by atoms with E-state index >= 15 is 0 Å². The summed E-state index contributed by atoms with van der Waals surface area (Å²) < 4.78 is 26.6. The lowest BCUT2D eigenvalue weighted by molar-refractivity contribution is 0.334. The van der Waals surface area contributed by atoms with Gasteiger partial charge in [0.25, 0.3) is 0 Å². The van der Waals surface area contributed by atoms with Crippen molar-refractivity contribution in [1.29, 1.82) is 0 Å². The van der Waals surface area contributed by atoms with Gasteiger partial charge < -0.3 is 5.32 Å². The second-order valence-corrected chi connectivity index (χ2v) is 6.32. The van der Waals surface area contributed by atoms with Crippen molar-refractivity contribution in [3.8, 4) is 0 Å². The summed E-state index contributed by atoms with van der Waals surface area (Å²) in [7, 11) is 0. The Morgan fingerprint density at radius 3 is 2.33 bits per heavy atom. The van der Waals surface area contributed by atoms with E-state index < -0.39 is 11.6 Å². The second kappa shape index (κ2) is 5.57. The molecule has 0 heterocycles. The average molecular weight is 271 g/mol. The van der Waals surface area contributed by atoms with Gasteiger partial charge in [-0.15, -0.1) is 0 Å². The molecule has 0 amide bonds. The lowest BCUT2D eigenvalue weighted by Crippen LogP contribution is -2.44. The first-order chi connectivity index (χ1) is 8.54. The van der Waals surface area contributed by atoms with Crippen LogP contribution in [0.4, 0.5) is 8.78 Å². The molecule has 0 spiro atoms. The van der Waals surface area contributed by atoms with Crippen LogP contribution in [-0.4, -0.2) is 17.5 Å². The number of hydrogen-bond donors (Lipinski definition) is 1. The molecule has 1 N–H and O–H groups in total. The Kier molecular flexibility index (Phi) is 4.28. The minimum Gasteiger partial charge on any atom is -0.309 e. The smallest absolute Gasteiger partial charge is 0.126 e. The predicted octanol–water partition coefficient (Wildman–Crippen LogP) is 3.90. The van der Waals surface area contributed by atoms with Crippen LogP contribution in [0.1, 0.15) is 37.8 Å². The minimum atomic E-state index is -0.512. The topological polar surface area (TPSA) is 12.0 Å². The summed E-state index contributed by atoms with van der Waals surface area (Å²) in [5, 5.41) is 3.39. The van der Waals surface area contributed by atoms with Crippen molar-refractivity contribution in [2.45, 2.75) is 37.0 Å². The molecule has 1 unspecified atom stereocenters. The molecule has 2 rings (SSSR count). The van der Waals surface area contributed by atoms with Crippen LogP contribution in [0.2, 0.25) is 0 Å². The zero-order valence-electron chi connectivity index (χ0n) is 10.8. The molecule has 1 atom stereocenters. The van der Waals surface area contributed by atoms with Crippen molar-refractivity contribution < 1.29 is 8.78 Å². The molecule has 100 valence electrons. The summed E-state index contributed by atoms with van der Waals surface area (Å²) in [4.78, 5) is 0. The van der Waals surface area contributed by atoms with Gasteiger partial charge in [-0.2, -0.15) is 11.8 Å². The zero-order valence-corrected chi connectivity index (χ0v) is 11.6. The van der Waals surface area contributed by atoms with Crippen LogP contribution in [0.5, 0.6) is 0 Å². The highest BCUT2D eigenvalue weighted by Crippen LogP contribution is 2.42. The van der Waals surface area contributed by atoms with Crippen LogP contribution >= 0.6 is 11.8 Å². The highest BCUT2D eigenvalue weighted by Gasteiger charge is 2.35. The first-order valence-corrected chi connectivity index (χ1v) is 7.52. The lowest BCUT2D eigenvalue weighted by Gasteiger charge is -2.41. The first kappa shape index (κ1) is 13.8. The van der Waals surface area contributed by atoms with E-state index in [0.29, 0.717) is 10.3 Å². The Hall–Kier alpha value is -0.610. The van der Waals surface area contributed by atoms with E-state index in [-0.39, 0.29) is 6.04 Å². The van der Waals surface area contributed by atoms with Crippen molar-refractivity contribution in [2.24, 2.45) is 0 Å². The van der Waals surface area contributed by atoms with E-state index in [2.05, 4.69) is 11.6 Å². The van der Waals surface area contributed by atoms with Gasteiger partial charge >= 0.3 is 0 Å². The summed E-state index contributed by atoms with van der Waals surface area (Å²) in [6.07, 6.45) is 5.87. The van der Waals surface area contributed by atoms with E-state index in [1.54, 1.807) is 0 Å². The van der Waals surface area contributed by atoms with Crippen molar-refractivity contribution in [1.82, 2.24) is 5.32 Å². The number of nitrogens with one attached hydrogen (secondary N) is 1. The highest BCUT2D eigenvalue weighted by atomic mass is 32.2. The normalized spacial score (nSPS) is 19.3. The fraction of sp³-hybridized carbons (Fsp3) is 0.571. The van der Waals surface area contributed by atoms with E-state index in [1.165, 1.54) is 31.4 Å². The molecule has 4 heteroatoms. The molecule has 18 heavy (non-hydrogen) atoms. The Morgan fingerprint density at radius 2 is 1.89 bits per heavy atom. The predicted molar refractivity (Wildman–Crippen MR) is 72.9 cm³/mol. The van der Waals surface area contributed by atoms with Crippen molar-refractivity contribution >= 4 is 11.8 Å². The molecule has 1 aliphatic carbocycles. The van der Waals surface area contributed by atoms with Gasteiger partial charge in [0.1, 0.15) is 11.6 Å². The maximum absolute atomic E-state index is 13.1. The third-order valence-electron chi connectivity index (χ3n) is 3.81. The molecule has 0 bridgehead atoms. The average Bonchev–Trinajstić information content (AvgIpc) is 2.26. The van der Waals surface area contributed by atoms with Gasteiger partial charge in [0, 0.05) is 23.4 Å². The molecule has 1 aromatic rings. The molecule has 0 saturated heterocycles. The van der Waals surface area contributed by atoms with Gasteiger partial charge in [0.2, 0.25) is 0 Å². The van der Waals surface area contributed by atoms with Gasteiger partial charge in [-0.05, 0) is 43.7 Å². The number of thioether (sulfide) groups is 1. The Bertz CT molecular complexity index is 392. The molecule has 0 aliphatic heterocycles. The van der Waals surface area contributed by atoms with Gasteiger partial charge in [0.05, 0.1) is 0 Å². The van der Waals surface area contributed by atoms with Crippen molar-refractivity contribution in [2.75, 3.05) is 12.8 Å². The van der Waals surface area contributed by atoms with Crippen LogP contribution in [0.15, 0.2) is 18.2 Å². The van der Waals surface area contributed by atoms with E-state index in [4.69, 9.17) is 0 Å². The fourth-order valence-corrected chi connectivity index (χ4v) is 3.23. The Labute approximate surface area is 111 Å². The SMILES string of the molecule is CSC1(CNC(C)c2cc(F)cc(F)c2)CCC1. The van der Waals surface area contributed by atoms with Crippen LogP contribution in [-0.2, 0) is 0 Å². The van der Waals surface area contributed by atoms with Gasteiger partial charge in [0.15, 0.2) is 0 Å². The van der Waals surface area contributed by atoms with Gasteiger partial charge in [-0.25, -0.2) is 8.78 Å². The van der Waals surface area contributed by atoms with Crippen molar-refractivity contribution in [3.63, 3.8) is 0 Å². The number of rotatable bonds is 5. The lowest BCUT2D eigenvalue weighted by atomic mass is 9.84. The molecular formula is C14H19F2NS. The molecular weight excluding hydrogens is 252 g/mol. The summed E-state index contributed by atoms with van der Waals surface area (Å²) in [5.41, 5.74) is 0.670. The molecule has 1 fully saturated rings. The van der Waals surface area contributed by atoms with Crippen LogP contribution < -0.4 is 5.32 Å². The molecule has 1 saturated carbocycles. The van der Waals surface area contributed by atoms with Crippen molar-refractivity contribution in [3.05, 3.63) is 35.4 Å². The zero-order chi connectivity index (χ0) is 13.2. The maximum atomic E-state index is 13.1.